The second-order valence-electron chi connectivity index (χ2n) is 7.13. The summed E-state index contributed by atoms with van der Waals surface area (Å²) in [5.74, 6) is -0.237. The monoisotopic (exact) mass is 336 g/mol. The van der Waals surface area contributed by atoms with Crippen LogP contribution in [0.3, 0.4) is 0 Å². The lowest BCUT2D eigenvalue weighted by Crippen LogP contribution is -2.42. The molecule has 0 radical (unpaired) electrons. The normalized spacial score (nSPS) is 15.9. The number of rotatable bonds is 3. The van der Waals surface area contributed by atoms with Gasteiger partial charge in [-0.05, 0) is 57.7 Å². The van der Waals surface area contributed by atoms with E-state index in [0.717, 1.165) is 12.8 Å². The van der Waals surface area contributed by atoms with E-state index in [1.165, 1.54) is 12.1 Å². The number of alkyl carbamates (subject to hydrolysis) is 1. The number of carbonyl (C=O) groups excluding carboxylic acids is 2. The van der Waals surface area contributed by atoms with Gasteiger partial charge in [0.25, 0.3) is 5.91 Å². The van der Waals surface area contributed by atoms with Crippen LogP contribution < -0.4 is 5.32 Å². The Labute approximate surface area is 142 Å². The first-order valence-corrected chi connectivity index (χ1v) is 8.26. The maximum Gasteiger partial charge on any atom is 0.407 e. The van der Waals surface area contributed by atoms with Gasteiger partial charge in [0.1, 0.15) is 11.4 Å². The van der Waals surface area contributed by atoms with Gasteiger partial charge in [0.2, 0.25) is 0 Å². The van der Waals surface area contributed by atoms with Crippen LogP contribution in [0.4, 0.5) is 9.18 Å². The Bertz CT molecular complexity index is 590. The number of halogens is 1. The quantitative estimate of drug-likeness (QED) is 0.922. The SMILES string of the molecule is CC(C)(C)OC(=O)NCC1CCN(C(=O)c2cccc(F)c2)CC1. The lowest BCUT2D eigenvalue weighted by Gasteiger charge is -2.32. The highest BCUT2D eigenvalue weighted by Crippen LogP contribution is 2.19. The molecule has 24 heavy (non-hydrogen) atoms. The molecule has 1 aliphatic heterocycles. The van der Waals surface area contributed by atoms with E-state index in [0.29, 0.717) is 31.1 Å². The maximum atomic E-state index is 13.2. The lowest BCUT2D eigenvalue weighted by atomic mass is 9.96. The van der Waals surface area contributed by atoms with Crippen LogP contribution >= 0.6 is 0 Å². The largest absolute Gasteiger partial charge is 0.444 e. The van der Waals surface area contributed by atoms with Crippen LogP contribution in [-0.4, -0.2) is 42.1 Å². The number of hydrogen-bond donors (Lipinski definition) is 1. The summed E-state index contributed by atoms with van der Waals surface area (Å²) in [5, 5.41) is 2.78. The van der Waals surface area contributed by atoms with Crippen LogP contribution in [0.5, 0.6) is 0 Å². The highest BCUT2D eigenvalue weighted by Gasteiger charge is 2.25. The van der Waals surface area contributed by atoms with E-state index in [-0.39, 0.29) is 5.91 Å². The third-order valence-electron chi connectivity index (χ3n) is 3.91. The number of nitrogens with one attached hydrogen (secondary N) is 1. The molecule has 0 bridgehead atoms. The third kappa shape index (κ3) is 5.51. The zero-order chi connectivity index (χ0) is 17.7. The van der Waals surface area contributed by atoms with Gasteiger partial charge in [-0.3, -0.25) is 4.79 Å². The van der Waals surface area contributed by atoms with Gasteiger partial charge < -0.3 is 15.0 Å². The number of benzene rings is 1. The Morgan fingerprint density at radius 1 is 1.29 bits per heavy atom. The van der Waals surface area contributed by atoms with Crippen LogP contribution in [0.1, 0.15) is 44.0 Å². The number of likely N-dealkylation sites (tertiary alicyclic amines) is 1. The average Bonchev–Trinajstić information content (AvgIpc) is 2.51. The molecule has 1 fully saturated rings. The highest BCUT2D eigenvalue weighted by molar-refractivity contribution is 5.94. The zero-order valence-corrected chi connectivity index (χ0v) is 14.5. The van der Waals surface area contributed by atoms with Crippen LogP contribution in [0, 0.1) is 11.7 Å². The van der Waals surface area contributed by atoms with Crippen LogP contribution in [-0.2, 0) is 4.74 Å². The van der Waals surface area contributed by atoms with E-state index >= 15 is 0 Å². The molecule has 1 saturated heterocycles. The fourth-order valence-electron chi connectivity index (χ4n) is 2.69. The van der Waals surface area contributed by atoms with Crippen molar-refractivity contribution in [1.82, 2.24) is 10.2 Å². The smallest absolute Gasteiger partial charge is 0.407 e. The molecular weight excluding hydrogens is 311 g/mol. The molecule has 0 aliphatic carbocycles. The van der Waals surface area contributed by atoms with E-state index in [1.807, 2.05) is 20.8 Å². The van der Waals surface area contributed by atoms with Crippen molar-refractivity contribution < 1.29 is 18.7 Å². The van der Waals surface area contributed by atoms with Crippen LogP contribution in [0.2, 0.25) is 0 Å². The molecular formula is C18H25FN2O3. The molecule has 0 unspecified atom stereocenters. The number of hydrogen-bond acceptors (Lipinski definition) is 3. The van der Waals surface area contributed by atoms with Gasteiger partial charge in [-0.25, -0.2) is 9.18 Å². The summed E-state index contributed by atoms with van der Waals surface area (Å²) in [7, 11) is 0. The highest BCUT2D eigenvalue weighted by atomic mass is 19.1. The molecule has 0 saturated carbocycles. The zero-order valence-electron chi connectivity index (χ0n) is 14.5. The maximum absolute atomic E-state index is 13.2. The van der Waals surface area contributed by atoms with Crippen molar-refractivity contribution >= 4 is 12.0 Å². The Kier molecular flexibility index (Phi) is 5.80. The predicted molar refractivity (Wildman–Crippen MR) is 89.3 cm³/mol. The standard InChI is InChI=1S/C18H25FN2O3/c1-18(2,3)24-17(23)20-12-13-7-9-21(10-8-13)16(22)14-5-4-6-15(19)11-14/h4-6,11,13H,7-10,12H2,1-3H3,(H,20,23). The second-order valence-corrected chi connectivity index (χ2v) is 7.13. The van der Waals surface area contributed by atoms with Gasteiger partial charge >= 0.3 is 6.09 Å². The summed E-state index contributed by atoms with van der Waals surface area (Å²) >= 11 is 0. The van der Waals surface area contributed by atoms with E-state index < -0.39 is 17.5 Å². The van der Waals surface area contributed by atoms with Gasteiger partial charge in [0, 0.05) is 25.2 Å². The summed E-state index contributed by atoms with van der Waals surface area (Å²) in [6.45, 7) is 7.22. The molecule has 1 heterocycles. The first-order chi connectivity index (χ1) is 11.2. The van der Waals surface area contributed by atoms with Crippen molar-refractivity contribution in [3.8, 4) is 0 Å². The Morgan fingerprint density at radius 2 is 1.96 bits per heavy atom. The molecule has 132 valence electrons. The Balaban J connectivity index is 1.77. The number of ether oxygens (including phenoxy) is 1. The molecule has 5 nitrogen and oxygen atoms in total. The number of carbonyl (C=O) groups is 2. The molecule has 0 aromatic heterocycles. The predicted octanol–water partition coefficient (Wildman–Crippen LogP) is 3.20. The molecule has 1 aromatic carbocycles. The van der Waals surface area contributed by atoms with E-state index in [1.54, 1.807) is 17.0 Å². The topological polar surface area (TPSA) is 58.6 Å². The minimum absolute atomic E-state index is 0.145. The first-order valence-electron chi connectivity index (χ1n) is 8.26. The molecule has 1 aliphatic rings. The van der Waals surface area contributed by atoms with E-state index in [9.17, 15) is 14.0 Å². The molecule has 1 aromatic rings. The summed E-state index contributed by atoms with van der Waals surface area (Å²) in [6.07, 6.45) is 1.19. The van der Waals surface area contributed by atoms with Crippen LogP contribution in [0.25, 0.3) is 0 Å². The second kappa shape index (κ2) is 7.64. The Morgan fingerprint density at radius 3 is 2.54 bits per heavy atom. The van der Waals surface area contributed by atoms with Crippen molar-refractivity contribution in [2.45, 2.75) is 39.2 Å². The molecule has 6 heteroatoms. The van der Waals surface area contributed by atoms with Crippen molar-refractivity contribution in [3.05, 3.63) is 35.6 Å². The fraction of sp³-hybridized carbons (Fsp3) is 0.556. The molecule has 1 N–H and O–H groups in total. The van der Waals surface area contributed by atoms with Crippen molar-refractivity contribution in [2.24, 2.45) is 5.92 Å². The van der Waals surface area contributed by atoms with E-state index in [2.05, 4.69) is 5.32 Å². The minimum atomic E-state index is -0.509. The van der Waals surface area contributed by atoms with Gasteiger partial charge in [-0.1, -0.05) is 6.07 Å². The molecule has 0 spiro atoms. The average molecular weight is 336 g/mol. The number of nitrogens with zero attached hydrogens (tertiary/aromatic N) is 1. The molecule has 2 rings (SSSR count). The Hall–Kier alpha value is -2.11. The number of piperidine rings is 1. The van der Waals surface area contributed by atoms with Crippen LogP contribution in [0.15, 0.2) is 24.3 Å². The number of amides is 2. The van der Waals surface area contributed by atoms with Crippen molar-refractivity contribution in [1.29, 1.82) is 0 Å². The molecule has 2 amide bonds. The van der Waals surface area contributed by atoms with Gasteiger partial charge in [-0.2, -0.15) is 0 Å². The molecule has 0 atom stereocenters. The minimum Gasteiger partial charge on any atom is -0.444 e. The first kappa shape index (κ1) is 18.2. The van der Waals surface area contributed by atoms with Crippen molar-refractivity contribution in [2.75, 3.05) is 19.6 Å². The third-order valence-corrected chi connectivity index (χ3v) is 3.91. The summed E-state index contributed by atoms with van der Waals surface area (Å²) < 4.78 is 18.4. The van der Waals surface area contributed by atoms with Crippen molar-refractivity contribution in [3.63, 3.8) is 0 Å². The summed E-state index contributed by atoms with van der Waals surface area (Å²) in [4.78, 5) is 25.7. The lowest BCUT2D eigenvalue weighted by molar-refractivity contribution is 0.0500. The summed E-state index contributed by atoms with van der Waals surface area (Å²) in [5.41, 5.74) is -0.134. The summed E-state index contributed by atoms with van der Waals surface area (Å²) in [6, 6.07) is 5.76. The van der Waals surface area contributed by atoms with Gasteiger partial charge in [0.15, 0.2) is 0 Å². The fourth-order valence-corrected chi connectivity index (χ4v) is 2.69. The van der Waals surface area contributed by atoms with Gasteiger partial charge in [0.05, 0.1) is 0 Å². The van der Waals surface area contributed by atoms with E-state index in [4.69, 9.17) is 4.74 Å². The van der Waals surface area contributed by atoms with Gasteiger partial charge in [-0.15, -0.1) is 0 Å².